The number of carbonyl (C=O) groups is 1. The summed E-state index contributed by atoms with van der Waals surface area (Å²) < 4.78 is 4.96. The van der Waals surface area contributed by atoms with Gasteiger partial charge < -0.3 is 9.84 Å². The minimum atomic E-state index is -0.251. The average molecular weight is 130 g/mol. The van der Waals surface area contributed by atoms with E-state index >= 15 is 0 Å². The van der Waals surface area contributed by atoms with Crippen molar-refractivity contribution in [3.63, 3.8) is 0 Å². The summed E-state index contributed by atoms with van der Waals surface area (Å²) in [4.78, 5) is 10.8. The molecule has 0 bridgehead atoms. The molecule has 9 heavy (non-hydrogen) atoms. The van der Waals surface area contributed by atoms with Crippen LogP contribution >= 0.6 is 0 Å². The van der Waals surface area contributed by atoms with E-state index in [1.807, 2.05) is 0 Å². The first-order chi connectivity index (χ1) is 4.34. The fourth-order valence-electron chi connectivity index (χ4n) is 0.850. The summed E-state index contributed by atoms with van der Waals surface area (Å²) in [7, 11) is 0. The first-order valence-corrected chi connectivity index (χ1v) is 3.06. The van der Waals surface area contributed by atoms with Gasteiger partial charge in [-0.15, -0.1) is 0 Å². The second-order valence-corrected chi connectivity index (χ2v) is 2.17. The number of aliphatic hydroxyl groups is 1. The van der Waals surface area contributed by atoms with E-state index in [1.165, 1.54) is 0 Å². The zero-order valence-electron chi connectivity index (χ0n) is 5.17. The summed E-state index contributed by atoms with van der Waals surface area (Å²) in [6.45, 7) is 0.851. The Kier molecular flexibility index (Phi) is 2.19. The van der Waals surface area contributed by atoms with Crippen molar-refractivity contribution in [3.8, 4) is 0 Å². The number of ether oxygens (including phenoxy) is 1. The largest absolute Gasteiger partial charge is 0.396 e. The van der Waals surface area contributed by atoms with Gasteiger partial charge in [-0.2, -0.15) is 0 Å². The number of carbonyl (C=O) groups excluding carboxylic acids is 1. The van der Waals surface area contributed by atoms with Crippen LogP contribution in [0.15, 0.2) is 0 Å². The van der Waals surface area contributed by atoms with Crippen molar-refractivity contribution >= 4 is 5.78 Å². The van der Waals surface area contributed by atoms with E-state index in [-0.39, 0.29) is 18.3 Å². The highest BCUT2D eigenvalue weighted by Gasteiger charge is 2.21. The SMILES string of the molecule is O=C1CCOC[C@H]1CO. The molecule has 3 heteroatoms. The number of rotatable bonds is 1. The van der Waals surface area contributed by atoms with Crippen LogP contribution in [0.4, 0.5) is 0 Å². The van der Waals surface area contributed by atoms with E-state index in [0.29, 0.717) is 19.6 Å². The number of hydrogen-bond donors (Lipinski definition) is 1. The van der Waals surface area contributed by atoms with Gasteiger partial charge in [0.2, 0.25) is 0 Å². The fraction of sp³-hybridized carbons (Fsp3) is 0.833. The molecule has 1 aliphatic heterocycles. The summed E-state index contributed by atoms with van der Waals surface area (Å²) in [5, 5.41) is 8.56. The van der Waals surface area contributed by atoms with Gasteiger partial charge in [0.05, 0.1) is 25.7 Å². The van der Waals surface area contributed by atoms with Crippen molar-refractivity contribution in [1.82, 2.24) is 0 Å². The van der Waals surface area contributed by atoms with Crippen LogP contribution in [0.1, 0.15) is 6.42 Å². The molecule has 1 atom stereocenters. The summed E-state index contributed by atoms with van der Waals surface area (Å²) in [5.41, 5.74) is 0. The Hall–Kier alpha value is -0.410. The van der Waals surface area contributed by atoms with Gasteiger partial charge in [-0.05, 0) is 0 Å². The molecule has 1 aliphatic rings. The van der Waals surface area contributed by atoms with Gasteiger partial charge >= 0.3 is 0 Å². The second-order valence-electron chi connectivity index (χ2n) is 2.17. The molecule has 0 saturated carbocycles. The zero-order chi connectivity index (χ0) is 6.69. The molecule has 3 nitrogen and oxygen atoms in total. The second kappa shape index (κ2) is 2.94. The number of aliphatic hydroxyl groups excluding tert-OH is 1. The summed E-state index contributed by atoms with van der Waals surface area (Å²) in [6, 6.07) is 0. The van der Waals surface area contributed by atoms with Gasteiger partial charge in [0, 0.05) is 6.42 Å². The molecule has 1 N–H and O–H groups in total. The third kappa shape index (κ3) is 1.50. The predicted octanol–water partition coefficient (Wildman–Crippen LogP) is -0.416. The molecule has 1 saturated heterocycles. The van der Waals surface area contributed by atoms with Crippen LogP contribution in [0.25, 0.3) is 0 Å². The van der Waals surface area contributed by atoms with Crippen molar-refractivity contribution in [2.24, 2.45) is 5.92 Å². The predicted molar refractivity (Wildman–Crippen MR) is 31.0 cm³/mol. The summed E-state index contributed by atoms with van der Waals surface area (Å²) >= 11 is 0. The molecular weight excluding hydrogens is 120 g/mol. The fourth-order valence-corrected chi connectivity index (χ4v) is 0.850. The minimum absolute atomic E-state index is 0.0706. The molecule has 1 heterocycles. The smallest absolute Gasteiger partial charge is 0.142 e. The van der Waals surface area contributed by atoms with Gasteiger partial charge in [0.1, 0.15) is 5.78 Å². The maximum absolute atomic E-state index is 10.8. The Bertz CT molecular complexity index is 111. The lowest BCUT2D eigenvalue weighted by Gasteiger charge is -2.17. The van der Waals surface area contributed by atoms with E-state index in [0.717, 1.165) is 0 Å². The summed E-state index contributed by atoms with van der Waals surface area (Å²) in [6.07, 6.45) is 0.464. The van der Waals surface area contributed by atoms with Crippen LogP contribution in [0, 0.1) is 5.92 Å². The Morgan fingerprint density at radius 1 is 1.78 bits per heavy atom. The average Bonchev–Trinajstić information content (AvgIpc) is 1.89. The lowest BCUT2D eigenvalue weighted by molar-refractivity contribution is -0.132. The van der Waals surface area contributed by atoms with Gasteiger partial charge in [-0.1, -0.05) is 0 Å². The third-order valence-electron chi connectivity index (χ3n) is 1.49. The molecule has 52 valence electrons. The Morgan fingerprint density at radius 2 is 2.56 bits per heavy atom. The van der Waals surface area contributed by atoms with Crippen molar-refractivity contribution in [2.75, 3.05) is 19.8 Å². The van der Waals surface area contributed by atoms with Crippen LogP contribution < -0.4 is 0 Å². The van der Waals surface area contributed by atoms with Gasteiger partial charge in [-0.3, -0.25) is 4.79 Å². The Labute approximate surface area is 53.6 Å². The maximum Gasteiger partial charge on any atom is 0.142 e. The molecule has 1 fully saturated rings. The molecule has 0 radical (unpaired) electrons. The van der Waals surface area contributed by atoms with Crippen molar-refractivity contribution < 1.29 is 14.6 Å². The molecule has 0 aromatic heterocycles. The van der Waals surface area contributed by atoms with Crippen LogP contribution in [0.5, 0.6) is 0 Å². The molecule has 0 unspecified atom stereocenters. The highest BCUT2D eigenvalue weighted by Crippen LogP contribution is 2.07. The molecule has 0 aromatic carbocycles. The van der Waals surface area contributed by atoms with Crippen LogP contribution in [0.2, 0.25) is 0 Å². The minimum Gasteiger partial charge on any atom is -0.396 e. The molecular formula is C6H10O3. The van der Waals surface area contributed by atoms with E-state index in [9.17, 15) is 4.79 Å². The van der Waals surface area contributed by atoms with Gasteiger partial charge in [0.15, 0.2) is 0 Å². The number of hydrogen-bond acceptors (Lipinski definition) is 3. The van der Waals surface area contributed by atoms with Crippen molar-refractivity contribution in [1.29, 1.82) is 0 Å². The Morgan fingerprint density at radius 3 is 3.00 bits per heavy atom. The van der Waals surface area contributed by atoms with Gasteiger partial charge in [-0.25, -0.2) is 0 Å². The van der Waals surface area contributed by atoms with Crippen molar-refractivity contribution in [2.45, 2.75) is 6.42 Å². The molecule has 0 spiro atoms. The highest BCUT2D eigenvalue weighted by molar-refractivity contribution is 5.81. The van der Waals surface area contributed by atoms with E-state index in [2.05, 4.69) is 0 Å². The van der Waals surface area contributed by atoms with Crippen molar-refractivity contribution in [3.05, 3.63) is 0 Å². The zero-order valence-corrected chi connectivity index (χ0v) is 5.17. The molecule has 1 rings (SSSR count). The highest BCUT2D eigenvalue weighted by atomic mass is 16.5. The molecule has 0 amide bonds. The third-order valence-corrected chi connectivity index (χ3v) is 1.49. The maximum atomic E-state index is 10.8. The normalized spacial score (nSPS) is 28.6. The molecule has 0 aromatic rings. The van der Waals surface area contributed by atoms with Crippen LogP contribution in [-0.2, 0) is 9.53 Å². The van der Waals surface area contributed by atoms with E-state index in [4.69, 9.17) is 9.84 Å². The number of ketones is 1. The van der Waals surface area contributed by atoms with Crippen LogP contribution in [0.3, 0.4) is 0 Å². The van der Waals surface area contributed by atoms with E-state index in [1.54, 1.807) is 0 Å². The Balaban J connectivity index is 2.39. The summed E-state index contributed by atoms with van der Waals surface area (Å²) in [5.74, 6) is -0.123. The molecule has 0 aliphatic carbocycles. The van der Waals surface area contributed by atoms with Gasteiger partial charge in [0.25, 0.3) is 0 Å². The first kappa shape index (κ1) is 6.71. The van der Waals surface area contributed by atoms with E-state index < -0.39 is 0 Å². The lowest BCUT2D eigenvalue weighted by atomic mass is 10.0. The lowest BCUT2D eigenvalue weighted by Crippen LogP contribution is -2.29. The monoisotopic (exact) mass is 130 g/mol. The van der Waals surface area contributed by atoms with Crippen LogP contribution in [-0.4, -0.2) is 30.7 Å². The quantitative estimate of drug-likeness (QED) is 0.524. The first-order valence-electron chi connectivity index (χ1n) is 3.06. The number of Topliss-reactive ketones (excluding diaryl/α,β-unsaturated/α-hetero) is 1. The topological polar surface area (TPSA) is 46.5 Å². The standard InChI is InChI=1S/C6H10O3/c7-3-5-4-9-2-1-6(5)8/h5,7H,1-4H2/t5-/m1/s1.